The molecule has 1 nitrogen and oxygen atoms in total. The van der Waals surface area contributed by atoms with Crippen molar-refractivity contribution in [1.82, 2.24) is 0 Å². The van der Waals surface area contributed by atoms with Crippen molar-refractivity contribution in [3.05, 3.63) is 34.9 Å². The minimum absolute atomic E-state index is 0.628. The molecule has 0 radical (unpaired) electrons. The molecule has 2 heteroatoms. The maximum atomic E-state index is 8.69. The van der Waals surface area contributed by atoms with Gasteiger partial charge in [-0.1, -0.05) is 12.1 Å². The Morgan fingerprint density at radius 2 is 2.27 bits per heavy atom. The molecular formula is C9H9NS. The molecule has 1 aromatic rings. The first-order valence-corrected chi connectivity index (χ1v) is 4.01. The molecule has 0 spiro atoms. The molecule has 0 amide bonds. The van der Waals surface area contributed by atoms with E-state index in [0.29, 0.717) is 5.75 Å². The molecule has 0 N–H and O–H groups in total. The molecule has 0 fully saturated rings. The fraction of sp³-hybridized carbons (Fsp3) is 0.222. The summed E-state index contributed by atoms with van der Waals surface area (Å²) in [4.78, 5) is 0. The number of benzene rings is 1. The van der Waals surface area contributed by atoms with Crippen LogP contribution in [0.4, 0.5) is 0 Å². The van der Waals surface area contributed by atoms with Crippen molar-refractivity contribution in [3.63, 3.8) is 0 Å². The van der Waals surface area contributed by atoms with Gasteiger partial charge in [-0.05, 0) is 24.1 Å². The smallest absolute Gasteiger partial charge is 0.0994 e. The molecule has 1 aromatic carbocycles. The molecule has 0 saturated heterocycles. The zero-order valence-corrected chi connectivity index (χ0v) is 7.23. The molecule has 1 rings (SSSR count). The van der Waals surface area contributed by atoms with E-state index >= 15 is 0 Å². The van der Waals surface area contributed by atoms with E-state index in [1.807, 2.05) is 25.1 Å². The predicted molar refractivity (Wildman–Crippen MR) is 48.6 cm³/mol. The van der Waals surface area contributed by atoms with Gasteiger partial charge in [0, 0.05) is 5.75 Å². The van der Waals surface area contributed by atoms with Crippen LogP contribution in [0.25, 0.3) is 0 Å². The van der Waals surface area contributed by atoms with E-state index in [1.165, 1.54) is 0 Å². The highest BCUT2D eigenvalue weighted by Gasteiger charge is 1.98. The summed E-state index contributed by atoms with van der Waals surface area (Å²) in [5.41, 5.74) is 2.86. The van der Waals surface area contributed by atoms with Crippen LogP contribution in [0.5, 0.6) is 0 Å². The van der Waals surface area contributed by atoms with Crippen molar-refractivity contribution in [2.24, 2.45) is 0 Å². The number of thiol groups is 1. The molecule has 0 bridgehead atoms. The van der Waals surface area contributed by atoms with E-state index < -0.39 is 0 Å². The lowest BCUT2D eigenvalue weighted by Gasteiger charge is -1.99. The Balaban J connectivity index is 3.19. The van der Waals surface area contributed by atoms with E-state index in [0.717, 1.165) is 16.7 Å². The Bertz CT molecular complexity index is 299. The van der Waals surface area contributed by atoms with Gasteiger partial charge < -0.3 is 0 Å². The number of hydrogen-bond acceptors (Lipinski definition) is 2. The maximum Gasteiger partial charge on any atom is 0.0994 e. The molecule has 0 aliphatic heterocycles. The first kappa shape index (κ1) is 8.16. The van der Waals surface area contributed by atoms with Gasteiger partial charge in [0.2, 0.25) is 0 Å². The summed E-state index contributed by atoms with van der Waals surface area (Å²) >= 11 is 4.12. The number of nitriles is 1. The fourth-order valence-corrected chi connectivity index (χ4v) is 1.21. The first-order chi connectivity index (χ1) is 5.27. The van der Waals surface area contributed by atoms with Gasteiger partial charge in [0.05, 0.1) is 11.6 Å². The SMILES string of the molecule is Cc1ccc(CS)c(C#N)c1. The Morgan fingerprint density at radius 1 is 1.55 bits per heavy atom. The topological polar surface area (TPSA) is 23.8 Å². The highest BCUT2D eigenvalue weighted by Crippen LogP contribution is 2.12. The van der Waals surface area contributed by atoms with Crippen molar-refractivity contribution in [2.75, 3.05) is 0 Å². The van der Waals surface area contributed by atoms with Crippen molar-refractivity contribution >= 4 is 12.6 Å². The standard InChI is InChI=1S/C9H9NS/c1-7-2-3-8(6-11)9(4-7)5-10/h2-4,11H,6H2,1H3. The number of hydrogen-bond donors (Lipinski definition) is 1. The highest BCUT2D eigenvalue weighted by molar-refractivity contribution is 7.79. The third kappa shape index (κ3) is 1.75. The minimum atomic E-state index is 0.628. The minimum Gasteiger partial charge on any atom is -0.192 e. The zero-order chi connectivity index (χ0) is 8.27. The fourth-order valence-electron chi connectivity index (χ4n) is 0.932. The molecule has 0 unspecified atom stereocenters. The van der Waals surface area contributed by atoms with Crippen molar-refractivity contribution in [3.8, 4) is 6.07 Å². The molecular weight excluding hydrogens is 154 g/mol. The van der Waals surface area contributed by atoms with Gasteiger partial charge in [-0.15, -0.1) is 0 Å². The highest BCUT2D eigenvalue weighted by atomic mass is 32.1. The molecule has 0 saturated carbocycles. The Labute approximate surface area is 72.1 Å². The predicted octanol–water partition coefficient (Wildman–Crippen LogP) is 2.30. The van der Waals surface area contributed by atoms with Crippen LogP contribution in [0.2, 0.25) is 0 Å². The molecule has 0 heterocycles. The summed E-state index contributed by atoms with van der Waals surface area (Å²) in [7, 11) is 0. The van der Waals surface area contributed by atoms with Crippen molar-refractivity contribution in [2.45, 2.75) is 12.7 Å². The van der Waals surface area contributed by atoms with Crippen LogP contribution in [-0.2, 0) is 5.75 Å². The second kappa shape index (κ2) is 3.45. The van der Waals surface area contributed by atoms with Gasteiger partial charge in [0.25, 0.3) is 0 Å². The first-order valence-electron chi connectivity index (χ1n) is 3.38. The Hall–Kier alpha value is -0.940. The van der Waals surface area contributed by atoms with E-state index in [9.17, 15) is 0 Å². The van der Waals surface area contributed by atoms with E-state index in [2.05, 4.69) is 18.7 Å². The summed E-state index contributed by atoms with van der Waals surface area (Å²) < 4.78 is 0. The van der Waals surface area contributed by atoms with Crippen molar-refractivity contribution in [1.29, 1.82) is 5.26 Å². The normalized spacial score (nSPS) is 9.18. The number of aryl methyl sites for hydroxylation is 1. The lowest BCUT2D eigenvalue weighted by atomic mass is 10.1. The average molecular weight is 163 g/mol. The Kier molecular flexibility index (Phi) is 2.56. The van der Waals surface area contributed by atoms with E-state index in [-0.39, 0.29) is 0 Å². The quantitative estimate of drug-likeness (QED) is 0.631. The maximum absolute atomic E-state index is 8.69. The summed E-state index contributed by atoms with van der Waals surface area (Å²) in [5, 5.41) is 8.69. The third-order valence-electron chi connectivity index (χ3n) is 1.56. The van der Waals surface area contributed by atoms with Crippen LogP contribution >= 0.6 is 12.6 Å². The Morgan fingerprint density at radius 3 is 2.82 bits per heavy atom. The molecule has 0 aliphatic rings. The van der Waals surface area contributed by atoms with Crippen LogP contribution < -0.4 is 0 Å². The van der Waals surface area contributed by atoms with Gasteiger partial charge in [-0.25, -0.2) is 0 Å². The zero-order valence-electron chi connectivity index (χ0n) is 6.33. The third-order valence-corrected chi connectivity index (χ3v) is 1.90. The van der Waals surface area contributed by atoms with E-state index in [1.54, 1.807) is 0 Å². The largest absolute Gasteiger partial charge is 0.192 e. The van der Waals surface area contributed by atoms with Crippen LogP contribution in [0.3, 0.4) is 0 Å². The second-order valence-corrected chi connectivity index (χ2v) is 2.75. The van der Waals surface area contributed by atoms with E-state index in [4.69, 9.17) is 5.26 Å². The molecule has 56 valence electrons. The van der Waals surface area contributed by atoms with Gasteiger partial charge >= 0.3 is 0 Å². The molecule has 11 heavy (non-hydrogen) atoms. The average Bonchev–Trinajstić information content (AvgIpc) is 2.04. The monoisotopic (exact) mass is 163 g/mol. The molecule has 0 aliphatic carbocycles. The summed E-state index contributed by atoms with van der Waals surface area (Å²) in [6, 6.07) is 7.96. The lowest BCUT2D eigenvalue weighted by molar-refractivity contribution is 1.33. The summed E-state index contributed by atoms with van der Waals surface area (Å²) in [6.07, 6.45) is 0. The van der Waals surface area contributed by atoms with Gasteiger partial charge in [0.15, 0.2) is 0 Å². The summed E-state index contributed by atoms with van der Waals surface area (Å²) in [6.45, 7) is 1.98. The van der Waals surface area contributed by atoms with Gasteiger partial charge in [-0.3, -0.25) is 0 Å². The molecule has 0 aromatic heterocycles. The van der Waals surface area contributed by atoms with Crippen molar-refractivity contribution < 1.29 is 0 Å². The van der Waals surface area contributed by atoms with Crippen LogP contribution in [0.15, 0.2) is 18.2 Å². The lowest BCUT2D eigenvalue weighted by Crippen LogP contribution is -1.86. The van der Waals surface area contributed by atoms with Gasteiger partial charge in [0.1, 0.15) is 0 Å². The van der Waals surface area contributed by atoms with Crippen LogP contribution in [0, 0.1) is 18.3 Å². The van der Waals surface area contributed by atoms with Crippen LogP contribution in [0.1, 0.15) is 16.7 Å². The summed E-state index contributed by atoms with van der Waals surface area (Å²) in [5.74, 6) is 0.628. The number of nitrogens with zero attached hydrogens (tertiary/aromatic N) is 1. The van der Waals surface area contributed by atoms with Crippen LogP contribution in [-0.4, -0.2) is 0 Å². The number of rotatable bonds is 1. The second-order valence-electron chi connectivity index (χ2n) is 2.43. The molecule has 0 atom stereocenters. The van der Waals surface area contributed by atoms with Gasteiger partial charge in [-0.2, -0.15) is 17.9 Å².